The van der Waals surface area contributed by atoms with E-state index in [2.05, 4.69) is 4.98 Å². The van der Waals surface area contributed by atoms with Crippen LogP contribution < -0.4 is 0 Å². The van der Waals surface area contributed by atoms with Gasteiger partial charge in [-0.1, -0.05) is 0 Å². The summed E-state index contributed by atoms with van der Waals surface area (Å²) in [6.07, 6.45) is -6.07. The Morgan fingerprint density at radius 2 is 1.95 bits per heavy atom. The highest BCUT2D eigenvalue weighted by atomic mass is 19.4. The second kappa shape index (κ2) is 5.73. The molecule has 1 unspecified atom stereocenters. The van der Waals surface area contributed by atoms with Crippen molar-refractivity contribution in [2.45, 2.75) is 45.5 Å². The molecule has 1 aliphatic heterocycles. The first-order valence-corrected chi connectivity index (χ1v) is 6.67. The lowest BCUT2D eigenvalue weighted by Gasteiger charge is -2.34. The van der Waals surface area contributed by atoms with Crippen LogP contribution in [0.15, 0.2) is 4.42 Å². The largest absolute Gasteiger partial charge is 0.444 e. The number of rotatable bonds is 3. The van der Waals surface area contributed by atoms with Crippen molar-refractivity contribution < 1.29 is 22.7 Å². The summed E-state index contributed by atoms with van der Waals surface area (Å²) < 4.78 is 42.8. The number of oxazole rings is 1. The van der Waals surface area contributed by atoms with E-state index in [4.69, 9.17) is 4.42 Å². The molecule has 0 amide bonds. The van der Waals surface area contributed by atoms with E-state index in [1.165, 1.54) is 0 Å². The number of hydrogen-bond donors (Lipinski definition) is 1. The summed E-state index contributed by atoms with van der Waals surface area (Å²) in [6, 6.07) is 0. The fourth-order valence-corrected chi connectivity index (χ4v) is 2.49. The third kappa shape index (κ3) is 3.52. The molecule has 0 spiro atoms. The number of likely N-dealkylation sites (tertiary alicyclic amines) is 1. The highest BCUT2D eigenvalue weighted by Gasteiger charge is 2.44. The van der Waals surface area contributed by atoms with Crippen LogP contribution in [0.1, 0.15) is 30.2 Å². The molecule has 0 aliphatic carbocycles. The number of aromatic nitrogens is 1. The van der Waals surface area contributed by atoms with E-state index in [1.807, 2.05) is 18.7 Å². The summed E-state index contributed by atoms with van der Waals surface area (Å²) >= 11 is 0. The van der Waals surface area contributed by atoms with Crippen molar-refractivity contribution in [2.75, 3.05) is 13.1 Å². The van der Waals surface area contributed by atoms with Crippen LogP contribution in [0.25, 0.3) is 0 Å². The van der Waals surface area contributed by atoms with E-state index in [1.54, 1.807) is 0 Å². The zero-order valence-electron chi connectivity index (χ0n) is 11.6. The van der Waals surface area contributed by atoms with E-state index in [0.29, 0.717) is 38.4 Å². The summed E-state index contributed by atoms with van der Waals surface area (Å²) in [6.45, 7) is 5.21. The van der Waals surface area contributed by atoms with Crippen molar-refractivity contribution in [3.05, 3.63) is 17.3 Å². The number of piperidine rings is 1. The minimum atomic E-state index is -4.52. The highest BCUT2D eigenvalue weighted by Crippen LogP contribution is 2.31. The van der Waals surface area contributed by atoms with Gasteiger partial charge in [-0.3, -0.25) is 4.90 Å². The van der Waals surface area contributed by atoms with Crippen LogP contribution >= 0.6 is 0 Å². The summed E-state index contributed by atoms with van der Waals surface area (Å²) in [5.41, 5.74) is 0.836. The van der Waals surface area contributed by atoms with Gasteiger partial charge in [-0.05, 0) is 45.7 Å². The molecule has 2 heterocycles. The average Bonchev–Trinajstić information content (AvgIpc) is 2.67. The predicted octanol–water partition coefficient (Wildman–Crippen LogP) is 2.43. The van der Waals surface area contributed by atoms with Gasteiger partial charge in [-0.2, -0.15) is 13.2 Å². The first kappa shape index (κ1) is 15.3. The van der Waals surface area contributed by atoms with Gasteiger partial charge in [0.05, 0.1) is 12.2 Å². The molecule has 4 nitrogen and oxygen atoms in total. The summed E-state index contributed by atoms with van der Waals surface area (Å²) in [5.74, 6) is 0.650. The Balaban J connectivity index is 1.85. The second-order valence-electron chi connectivity index (χ2n) is 5.35. The summed E-state index contributed by atoms with van der Waals surface area (Å²) in [5, 5.41) is 9.25. The second-order valence-corrected chi connectivity index (χ2v) is 5.35. The van der Waals surface area contributed by atoms with Crippen LogP contribution in [0.5, 0.6) is 0 Å². The zero-order valence-corrected chi connectivity index (χ0v) is 11.6. The normalized spacial score (nSPS) is 20.3. The summed E-state index contributed by atoms with van der Waals surface area (Å²) in [7, 11) is 0. The third-order valence-corrected chi connectivity index (χ3v) is 3.85. The van der Waals surface area contributed by atoms with Gasteiger partial charge in [-0.25, -0.2) is 4.98 Å². The van der Waals surface area contributed by atoms with Crippen LogP contribution in [0, 0.1) is 19.8 Å². The zero-order chi connectivity index (χ0) is 14.9. The first-order valence-electron chi connectivity index (χ1n) is 6.67. The maximum Gasteiger partial charge on any atom is 0.414 e. The Bertz CT molecular complexity index is 431. The topological polar surface area (TPSA) is 49.5 Å². The number of hydrogen-bond acceptors (Lipinski definition) is 4. The van der Waals surface area contributed by atoms with E-state index in [9.17, 15) is 18.3 Å². The molecule has 7 heteroatoms. The third-order valence-electron chi connectivity index (χ3n) is 3.85. The Labute approximate surface area is 115 Å². The molecule has 0 bridgehead atoms. The fourth-order valence-electron chi connectivity index (χ4n) is 2.49. The van der Waals surface area contributed by atoms with Crippen molar-refractivity contribution in [3.8, 4) is 0 Å². The molecule has 1 fully saturated rings. The van der Waals surface area contributed by atoms with Gasteiger partial charge < -0.3 is 9.52 Å². The number of nitrogens with zero attached hydrogens (tertiary/aromatic N) is 2. The molecule has 1 aliphatic rings. The SMILES string of the molecule is Cc1nc(CN2CCC(C(O)C(F)(F)F)CC2)oc1C. The van der Waals surface area contributed by atoms with E-state index >= 15 is 0 Å². The maximum absolute atomic E-state index is 12.4. The van der Waals surface area contributed by atoms with Gasteiger partial charge in [-0.15, -0.1) is 0 Å². The van der Waals surface area contributed by atoms with Crippen molar-refractivity contribution in [2.24, 2.45) is 5.92 Å². The van der Waals surface area contributed by atoms with Gasteiger partial charge in [0.2, 0.25) is 5.89 Å². The van der Waals surface area contributed by atoms with E-state index in [0.717, 1.165) is 11.5 Å². The molecule has 1 saturated heterocycles. The lowest BCUT2D eigenvalue weighted by Crippen LogP contribution is -2.43. The number of aryl methyl sites for hydroxylation is 2. The molecule has 0 radical (unpaired) electrons. The molecule has 2 rings (SSSR count). The average molecular weight is 292 g/mol. The van der Waals surface area contributed by atoms with E-state index in [-0.39, 0.29) is 0 Å². The minimum Gasteiger partial charge on any atom is -0.444 e. The smallest absolute Gasteiger partial charge is 0.414 e. The van der Waals surface area contributed by atoms with Gasteiger partial charge in [0.25, 0.3) is 0 Å². The number of alkyl halides is 3. The van der Waals surface area contributed by atoms with Crippen LogP contribution in [0.3, 0.4) is 0 Å². The number of aliphatic hydroxyl groups is 1. The molecular weight excluding hydrogens is 273 g/mol. The number of halogens is 3. The fraction of sp³-hybridized carbons (Fsp3) is 0.769. The van der Waals surface area contributed by atoms with Gasteiger partial charge in [0.1, 0.15) is 5.76 Å². The predicted molar refractivity (Wildman–Crippen MR) is 66.0 cm³/mol. The summed E-state index contributed by atoms with van der Waals surface area (Å²) in [4.78, 5) is 6.26. The molecule has 1 aromatic heterocycles. The Morgan fingerprint density at radius 1 is 1.35 bits per heavy atom. The van der Waals surface area contributed by atoms with Crippen LogP contribution in [0.2, 0.25) is 0 Å². The maximum atomic E-state index is 12.4. The number of aliphatic hydroxyl groups excluding tert-OH is 1. The standard InChI is InChI=1S/C13H19F3N2O2/c1-8-9(2)20-11(17-8)7-18-5-3-10(4-6-18)12(19)13(14,15)16/h10,12,19H,3-7H2,1-2H3. The molecule has 0 saturated carbocycles. The monoisotopic (exact) mass is 292 g/mol. The van der Waals surface area contributed by atoms with Crippen molar-refractivity contribution in [3.63, 3.8) is 0 Å². The van der Waals surface area contributed by atoms with Crippen LogP contribution in [-0.4, -0.2) is 40.4 Å². The van der Waals surface area contributed by atoms with Crippen molar-refractivity contribution >= 4 is 0 Å². The van der Waals surface area contributed by atoms with E-state index < -0.39 is 18.2 Å². The van der Waals surface area contributed by atoms with Crippen LogP contribution in [-0.2, 0) is 6.54 Å². The molecule has 1 atom stereocenters. The highest BCUT2D eigenvalue weighted by molar-refractivity contribution is 5.05. The molecule has 20 heavy (non-hydrogen) atoms. The lowest BCUT2D eigenvalue weighted by atomic mass is 9.91. The van der Waals surface area contributed by atoms with Crippen LogP contribution in [0.4, 0.5) is 13.2 Å². The molecular formula is C13H19F3N2O2. The van der Waals surface area contributed by atoms with Gasteiger partial charge in [0.15, 0.2) is 6.10 Å². The van der Waals surface area contributed by atoms with Gasteiger partial charge >= 0.3 is 6.18 Å². The first-order chi connectivity index (χ1) is 9.27. The molecule has 1 N–H and O–H groups in total. The minimum absolute atomic E-state index is 0.333. The molecule has 1 aromatic rings. The molecule has 0 aromatic carbocycles. The van der Waals surface area contributed by atoms with Crippen molar-refractivity contribution in [1.82, 2.24) is 9.88 Å². The van der Waals surface area contributed by atoms with Gasteiger partial charge in [0, 0.05) is 0 Å². The lowest BCUT2D eigenvalue weighted by molar-refractivity contribution is -0.223. The molecule has 114 valence electrons. The quantitative estimate of drug-likeness (QED) is 0.929. The Hall–Kier alpha value is -1.08. The Morgan fingerprint density at radius 3 is 2.40 bits per heavy atom. The Kier molecular flexibility index (Phi) is 4.39. The van der Waals surface area contributed by atoms with Crippen molar-refractivity contribution in [1.29, 1.82) is 0 Å².